The number of phenols is 1. The first kappa shape index (κ1) is 18.2. The molecule has 0 aliphatic heterocycles. The monoisotopic (exact) mass is 302 g/mol. The molecule has 0 amide bonds. The van der Waals surface area contributed by atoms with Crippen molar-refractivity contribution in [3.63, 3.8) is 0 Å². The molecule has 3 heteroatoms. The van der Waals surface area contributed by atoms with Crippen molar-refractivity contribution in [1.82, 2.24) is 0 Å². The lowest BCUT2D eigenvalue weighted by molar-refractivity contribution is 0.201. The van der Waals surface area contributed by atoms with Crippen LogP contribution in [0.4, 0.5) is 0 Å². The Kier molecular flexibility index (Phi) is 7.64. The molecule has 0 aliphatic rings. The van der Waals surface area contributed by atoms with Gasteiger partial charge in [0.1, 0.15) is 5.75 Å². The molecule has 0 aliphatic carbocycles. The lowest BCUT2D eigenvalue weighted by atomic mass is 9.95. The summed E-state index contributed by atoms with van der Waals surface area (Å²) in [7, 11) is 0. The van der Waals surface area contributed by atoms with Gasteiger partial charge in [0.15, 0.2) is 0 Å². The highest BCUT2D eigenvalue weighted by Crippen LogP contribution is 2.22. The average molecular weight is 302 g/mol. The number of hydrogen-bond donors (Lipinski definition) is 3. The normalized spacial score (nSPS) is 14.0. The smallest absolute Gasteiger partial charge is 0.116 e. The maximum absolute atomic E-state index is 10.3. The standard InChI is InChI=1S/C19H26O3/c1-4-15(12-16-6-5-7-17(21)13-16)8-9-19(22)18(10-11-20)14(2)3/h5-7,10,12-13,19-22H,2,4,8-9,11H2,1,3H3/b15-12+,18-10-. The zero-order valence-corrected chi connectivity index (χ0v) is 13.4. The van der Waals surface area contributed by atoms with Crippen molar-refractivity contribution in [2.75, 3.05) is 6.61 Å². The second-order valence-electron chi connectivity index (χ2n) is 5.43. The second-order valence-corrected chi connectivity index (χ2v) is 5.43. The number of aliphatic hydroxyl groups is 2. The minimum absolute atomic E-state index is 0.0982. The average Bonchev–Trinajstić information content (AvgIpc) is 2.48. The predicted octanol–water partition coefficient (Wildman–Crippen LogP) is 3.82. The molecule has 0 bridgehead atoms. The fraction of sp³-hybridized carbons (Fsp3) is 0.368. The van der Waals surface area contributed by atoms with Crippen molar-refractivity contribution in [3.8, 4) is 5.75 Å². The van der Waals surface area contributed by atoms with Crippen molar-refractivity contribution in [1.29, 1.82) is 0 Å². The Morgan fingerprint density at radius 3 is 2.64 bits per heavy atom. The van der Waals surface area contributed by atoms with Gasteiger partial charge in [-0.25, -0.2) is 0 Å². The van der Waals surface area contributed by atoms with Crippen molar-refractivity contribution in [3.05, 3.63) is 59.2 Å². The molecule has 0 saturated heterocycles. The number of rotatable bonds is 8. The lowest BCUT2D eigenvalue weighted by Crippen LogP contribution is -2.12. The SMILES string of the molecule is C=C(C)/C(=C/CO)C(O)CC/C(=C/c1cccc(O)c1)CC. The predicted molar refractivity (Wildman–Crippen MR) is 91.6 cm³/mol. The van der Waals surface area contributed by atoms with E-state index in [9.17, 15) is 10.2 Å². The summed E-state index contributed by atoms with van der Waals surface area (Å²) in [4.78, 5) is 0. The zero-order chi connectivity index (χ0) is 16.5. The zero-order valence-electron chi connectivity index (χ0n) is 13.4. The van der Waals surface area contributed by atoms with Gasteiger partial charge in [0.2, 0.25) is 0 Å². The first-order valence-corrected chi connectivity index (χ1v) is 7.61. The number of phenolic OH excluding ortho intramolecular Hbond substituents is 1. The molecule has 1 rings (SSSR count). The molecule has 1 aromatic rings. The fourth-order valence-corrected chi connectivity index (χ4v) is 2.37. The molecule has 0 fully saturated rings. The lowest BCUT2D eigenvalue weighted by Gasteiger charge is -2.16. The summed E-state index contributed by atoms with van der Waals surface area (Å²) < 4.78 is 0. The van der Waals surface area contributed by atoms with Gasteiger partial charge >= 0.3 is 0 Å². The van der Waals surface area contributed by atoms with Gasteiger partial charge in [0.05, 0.1) is 12.7 Å². The number of aliphatic hydroxyl groups excluding tert-OH is 2. The molecule has 0 saturated carbocycles. The van der Waals surface area contributed by atoms with Crippen LogP contribution in [0, 0.1) is 0 Å². The maximum Gasteiger partial charge on any atom is 0.116 e. The fourth-order valence-electron chi connectivity index (χ4n) is 2.37. The van der Waals surface area contributed by atoms with Crippen LogP contribution < -0.4 is 0 Å². The highest BCUT2D eigenvalue weighted by atomic mass is 16.3. The molecule has 1 unspecified atom stereocenters. The molecule has 0 heterocycles. The molecule has 1 atom stereocenters. The minimum atomic E-state index is -0.622. The van der Waals surface area contributed by atoms with Gasteiger partial charge < -0.3 is 15.3 Å². The van der Waals surface area contributed by atoms with Crippen LogP contribution in [0.5, 0.6) is 5.75 Å². The Bertz CT molecular complexity index is 556. The Labute approximate surface area is 132 Å². The quantitative estimate of drug-likeness (QED) is 0.640. The third-order valence-corrected chi connectivity index (χ3v) is 3.60. The van der Waals surface area contributed by atoms with E-state index in [0.717, 1.165) is 24.0 Å². The van der Waals surface area contributed by atoms with Gasteiger partial charge in [0.25, 0.3) is 0 Å². The van der Waals surface area contributed by atoms with E-state index in [2.05, 4.69) is 13.5 Å². The van der Waals surface area contributed by atoms with Gasteiger partial charge in [-0.15, -0.1) is 0 Å². The van der Waals surface area contributed by atoms with Crippen LogP contribution in [0.15, 0.2) is 53.6 Å². The summed E-state index contributed by atoms with van der Waals surface area (Å²) in [5, 5.41) is 28.8. The molecular formula is C19H26O3. The van der Waals surface area contributed by atoms with E-state index in [1.807, 2.05) is 25.1 Å². The van der Waals surface area contributed by atoms with E-state index < -0.39 is 6.10 Å². The van der Waals surface area contributed by atoms with Gasteiger partial charge in [0, 0.05) is 0 Å². The summed E-state index contributed by atoms with van der Waals surface area (Å²) in [5.74, 6) is 0.250. The Morgan fingerprint density at radius 1 is 1.36 bits per heavy atom. The van der Waals surface area contributed by atoms with Gasteiger partial charge in [-0.3, -0.25) is 0 Å². The molecule has 22 heavy (non-hydrogen) atoms. The summed E-state index contributed by atoms with van der Waals surface area (Å²) in [6.45, 7) is 7.64. The van der Waals surface area contributed by atoms with E-state index >= 15 is 0 Å². The molecule has 0 radical (unpaired) electrons. The van der Waals surface area contributed by atoms with Crippen molar-refractivity contribution < 1.29 is 15.3 Å². The first-order valence-electron chi connectivity index (χ1n) is 7.61. The number of aromatic hydroxyl groups is 1. The van der Waals surface area contributed by atoms with Crippen LogP contribution in [0.2, 0.25) is 0 Å². The Morgan fingerprint density at radius 2 is 2.09 bits per heavy atom. The van der Waals surface area contributed by atoms with Crippen molar-refractivity contribution >= 4 is 6.08 Å². The van der Waals surface area contributed by atoms with E-state index in [-0.39, 0.29) is 12.4 Å². The summed E-state index contributed by atoms with van der Waals surface area (Å²) in [6.07, 6.45) is 5.25. The maximum atomic E-state index is 10.3. The molecule has 120 valence electrons. The van der Waals surface area contributed by atoms with E-state index in [0.29, 0.717) is 12.0 Å². The Hall–Kier alpha value is -1.84. The van der Waals surface area contributed by atoms with Gasteiger partial charge in [-0.05, 0) is 49.5 Å². The summed E-state index contributed by atoms with van der Waals surface area (Å²) in [6, 6.07) is 7.12. The highest BCUT2D eigenvalue weighted by Gasteiger charge is 2.12. The van der Waals surface area contributed by atoms with Crippen LogP contribution in [0.1, 0.15) is 38.7 Å². The molecule has 3 nitrogen and oxygen atoms in total. The van der Waals surface area contributed by atoms with Crippen LogP contribution in [-0.2, 0) is 0 Å². The number of hydrogen-bond acceptors (Lipinski definition) is 3. The Balaban J connectivity index is 2.75. The van der Waals surface area contributed by atoms with E-state index in [1.165, 1.54) is 5.57 Å². The first-order chi connectivity index (χ1) is 10.5. The summed E-state index contributed by atoms with van der Waals surface area (Å²) in [5.41, 5.74) is 3.64. The third kappa shape index (κ3) is 5.88. The van der Waals surface area contributed by atoms with E-state index in [1.54, 1.807) is 18.2 Å². The van der Waals surface area contributed by atoms with Crippen LogP contribution in [0.3, 0.4) is 0 Å². The molecule has 1 aromatic carbocycles. The molecule has 3 N–H and O–H groups in total. The topological polar surface area (TPSA) is 60.7 Å². The van der Waals surface area contributed by atoms with Crippen molar-refractivity contribution in [2.24, 2.45) is 0 Å². The largest absolute Gasteiger partial charge is 0.508 e. The van der Waals surface area contributed by atoms with Crippen LogP contribution >= 0.6 is 0 Å². The van der Waals surface area contributed by atoms with Crippen LogP contribution in [-0.4, -0.2) is 28.0 Å². The van der Waals surface area contributed by atoms with Gasteiger partial charge in [-0.2, -0.15) is 0 Å². The highest BCUT2D eigenvalue weighted by molar-refractivity contribution is 5.54. The van der Waals surface area contributed by atoms with E-state index in [4.69, 9.17) is 5.11 Å². The van der Waals surface area contributed by atoms with Gasteiger partial charge in [-0.1, -0.05) is 48.9 Å². The number of benzene rings is 1. The minimum Gasteiger partial charge on any atom is -0.508 e. The summed E-state index contributed by atoms with van der Waals surface area (Å²) >= 11 is 0. The third-order valence-electron chi connectivity index (χ3n) is 3.60. The molecule has 0 spiro atoms. The molecule has 0 aromatic heterocycles. The second kappa shape index (κ2) is 9.23. The van der Waals surface area contributed by atoms with Crippen LogP contribution in [0.25, 0.3) is 6.08 Å². The number of allylic oxidation sites excluding steroid dienone is 1. The molecular weight excluding hydrogens is 276 g/mol. The van der Waals surface area contributed by atoms with Crippen molar-refractivity contribution in [2.45, 2.75) is 39.2 Å².